The molecule has 0 heterocycles. The molecule has 23 heavy (non-hydrogen) atoms. The van der Waals surface area contributed by atoms with Gasteiger partial charge in [-0.3, -0.25) is 0 Å². The molecule has 0 aromatic rings. The van der Waals surface area contributed by atoms with E-state index in [1.807, 2.05) is 0 Å². The molecule has 0 bridgehead atoms. The molecule has 0 spiro atoms. The summed E-state index contributed by atoms with van der Waals surface area (Å²) in [6, 6.07) is 0. The third kappa shape index (κ3) is 8.66. The smallest absolute Gasteiger partial charge is 0.192 e. The summed E-state index contributed by atoms with van der Waals surface area (Å²) >= 11 is 0. The zero-order valence-corrected chi connectivity index (χ0v) is 19.5. The van der Waals surface area contributed by atoms with E-state index in [4.69, 9.17) is 8.85 Å². The molecule has 0 rings (SSSR count). The number of unbranched alkanes of at least 4 members (excludes halogenated alkanes) is 2. The van der Waals surface area contributed by atoms with Gasteiger partial charge in [0.25, 0.3) is 0 Å². The normalized spacial score (nSPS) is 14.7. The van der Waals surface area contributed by atoms with Crippen LogP contribution in [-0.4, -0.2) is 29.8 Å². The fraction of sp³-hybridized carbons (Fsp3) is 0.895. The zero-order chi connectivity index (χ0) is 18.4. The van der Waals surface area contributed by atoms with Crippen molar-refractivity contribution in [2.45, 2.75) is 97.1 Å². The molecule has 0 aromatic carbocycles. The second kappa shape index (κ2) is 8.98. The predicted octanol–water partition coefficient (Wildman–Crippen LogP) is 6.76. The first kappa shape index (κ1) is 23.1. The lowest BCUT2D eigenvalue weighted by atomic mass is 10.2. The van der Waals surface area contributed by atoms with E-state index in [1.165, 1.54) is 6.42 Å². The highest BCUT2D eigenvalue weighted by Gasteiger charge is 2.37. The van der Waals surface area contributed by atoms with Gasteiger partial charge in [0.05, 0.1) is 6.61 Å². The Balaban J connectivity index is 3.82. The third-order valence-electron chi connectivity index (χ3n) is 5.55. The van der Waals surface area contributed by atoms with E-state index >= 15 is 0 Å². The van der Waals surface area contributed by atoms with Gasteiger partial charge in [0.15, 0.2) is 16.6 Å². The first-order valence-electron chi connectivity index (χ1n) is 9.14. The standard InChI is InChI=1S/C19H42O2Si2/c1-18(2,3)22(7,8)20-16-14-12-11-13-15-17-21-23(9,10)19(4,5)6/h12,14H,11,13,15-17H2,1-10H3/b14-12+. The van der Waals surface area contributed by atoms with E-state index in [0.29, 0.717) is 10.1 Å². The van der Waals surface area contributed by atoms with E-state index in [2.05, 4.69) is 79.9 Å². The molecule has 2 nitrogen and oxygen atoms in total. The molecule has 0 radical (unpaired) electrons. The van der Waals surface area contributed by atoms with Crippen molar-refractivity contribution < 1.29 is 8.85 Å². The lowest BCUT2D eigenvalue weighted by molar-refractivity contribution is 0.279. The van der Waals surface area contributed by atoms with Crippen molar-refractivity contribution in [1.82, 2.24) is 0 Å². The van der Waals surface area contributed by atoms with Gasteiger partial charge in [0, 0.05) is 6.61 Å². The molecular weight excluding hydrogens is 316 g/mol. The topological polar surface area (TPSA) is 18.5 Å². The van der Waals surface area contributed by atoms with Gasteiger partial charge in [-0.05, 0) is 55.5 Å². The van der Waals surface area contributed by atoms with Crippen molar-refractivity contribution in [2.75, 3.05) is 13.2 Å². The fourth-order valence-corrected chi connectivity index (χ4v) is 3.60. The first-order chi connectivity index (χ1) is 10.2. The van der Waals surface area contributed by atoms with Crippen LogP contribution in [0.1, 0.15) is 60.8 Å². The van der Waals surface area contributed by atoms with Crippen molar-refractivity contribution in [2.24, 2.45) is 0 Å². The van der Waals surface area contributed by atoms with Crippen LogP contribution in [0.2, 0.25) is 36.3 Å². The Kier molecular flexibility index (Phi) is 9.01. The SMILES string of the molecule is CC(C)(C)[Si](C)(C)OC/C=C/CCCCO[Si](C)(C)C(C)(C)C. The van der Waals surface area contributed by atoms with Crippen LogP contribution in [0.15, 0.2) is 12.2 Å². The number of rotatable bonds is 9. The van der Waals surface area contributed by atoms with Crippen molar-refractivity contribution in [3.8, 4) is 0 Å². The minimum absolute atomic E-state index is 0.294. The van der Waals surface area contributed by atoms with Crippen LogP contribution in [0, 0.1) is 0 Å². The molecule has 0 saturated heterocycles. The summed E-state index contributed by atoms with van der Waals surface area (Å²) in [6.45, 7) is 24.7. The predicted molar refractivity (Wildman–Crippen MR) is 109 cm³/mol. The third-order valence-corrected chi connectivity index (χ3v) is 14.6. The van der Waals surface area contributed by atoms with Gasteiger partial charge >= 0.3 is 0 Å². The van der Waals surface area contributed by atoms with Crippen LogP contribution in [-0.2, 0) is 8.85 Å². The molecule has 0 saturated carbocycles. The maximum atomic E-state index is 6.20. The lowest BCUT2D eigenvalue weighted by Gasteiger charge is -2.36. The molecule has 0 aromatic heterocycles. The van der Waals surface area contributed by atoms with Crippen molar-refractivity contribution >= 4 is 16.6 Å². The lowest BCUT2D eigenvalue weighted by Crippen LogP contribution is -2.40. The van der Waals surface area contributed by atoms with Crippen molar-refractivity contribution in [1.29, 1.82) is 0 Å². The van der Waals surface area contributed by atoms with Crippen molar-refractivity contribution in [3.05, 3.63) is 12.2 Å². The summed E-state index contributed by atoms with van der Waals surface area (Å²) in [5, 5.41) is 0.607. The molecule has 4 heteroatoms. The molecule has 0 atom stereocenters. The minimum atomic E-state index is -1.59. The van der Waals surface area contributed by atoms with Gasteiger partial charge in [-0.2, -0.15) is 0 Å². The minimum Gasteiger partial charge on any atom is -0.417 e. The second-order valence-corrected chi connectivity index (χ2v) is 19.3. The number of allylic oxidation sites excluding steroid dienone is 1. The molecule has 0 unspecified atom stereocenters. The average Bonchev–Trinajstić information content (AvgIpc) is 2.33. The second-order valence-electron chi connectivity index (χ2n) is 9.65. The highest BCUT2D eigenvalue weighted by atomic mass is 28.4. The summed E-state index contributed by atoms with van der Waals surface area (Å²) in [4.78, 5) is 0. The molecule has 138 valence electrons. The van der Waals surface area contributed by atoms with Crippen molar-refractivity contribution in [3.63, 3.8) is 0 Å². The molecule has 0 fully saturated rings. The average molecular weight is 359 g/mol. The fourth-order valence-electron chi connectivity index (χ4n) is 1.57. The summed E-state index contributed by atoms with van der Waals surface area (Å²) in [5.41, 5.74) is 0. The highest BCUT2D eigenvalue weighted by Crippen LogP contribution is 2.37. The summed E-state index contributed by atoms with van der Waals surface area (Å²) in [6.07, 6.45) is 7.93. The van der Waals surface area contributed by atoms with Gasteiger partial charge in [-0.1, -0.05) is 53.7 Å². The Morgan fingerprint density at radius 1 is 0.696 bits per heavy atom. The first-order valence-corrected chi connectivity index (χ1v) is 15.0. The van der Waals surface area contributed by atoms with Crippen LogP contribution >= 0.6 is 0 Å². The number of hydrogen-bond donors (Lipinski definition) is 0. The maximum absolute atomic E-state index is 6.20. The van der Waals surface area contributed by atoms with Gasteiger partial charge in [0.2, 0.25) is 0 Å². The molecule has 0 N–H and O–H groups in total. The Bertz CT molecular complexity index is 361. The van der Waals surface area contributed by atoms with Crippen LogP contribution < -0.4 is 0 Å². The summed E-state index contributed by atoms with van der Waals surface area (Å²) < 4.78 is 12.3. The Hall–Kier alpha value is 0.0938. The molecular formula is C19H42O2Si2. The maximum Gasteiger partial charge on any atom is 0.192 e. The number of hydrogen-bond acceptors (Lipinski definition) is 2. The van der Waals surface area contributed by atoms with Crippen LogP contribution in [0.3, 0.4) is 0 Å². The molecule has 0 amide bonds. The van der Waals surface area contributed by atoms with E-state index in [0.717, 1.165) is 26.1 Å². The highest BCUT2D eigenvalue weighted by molar-refractivity contribution is 6.74. The van der Waals surface area contributed by atoms with E-state index in [-0.39, 0.29) is 0 Å². The van der Waals surface area contributed by atoms with Crippen LogP contribution in [0.5, 0.6) is 0 Å². The Morgan fingerprint density at radius 3 is 1.65 bits per heavy atom. The van der Waals surface area contributed by atoms with E-state index in [9.17, 15) is 0 Å². The molecule has 0 aliphatic rings. The monoisotopic (exact) mass is 358 g/mol. The van der Waals surface area contributed by atoms with Crippen LogP contribution in [0.4, 0.5) is 0 Å². The van der Waals surface area contributed by atoms with Gasteiger partial charge in [0.1, 0.15) is 0 Å². The van der Waals surface area contributed by atoms with Gasteiger partial charge in [-0.15, -0.1) is 0 Å². The molecule has 0 aliphatic heterocycles. The summed E-state index contributed by atoms with van der Waals surface area (Å²) in [5.74, 6) is 0. The van der Waals surface area contributed by atoms with E-state index < -0.39 is 16.6 Å². The molecule has 0 aliphatic carbocycles. The Labute approximate surface area is 148 Å². The van der Waals surface area contributed by atoms with Crippen LogP contribution in [0.25, 0.3) is 0 Å². The largest absolute Gasteiger partial charge is 0.417 e. The van der Waals surface area contributed by atoms with E-state index in [1.54, 1.807) is 0 Å². The zero-order valence-electron chi connectivity index (χ0n) is 17.5. The van der Waals surface area contributed by atoms with Gasteiger partial charge in [-0.25, -0.2) is 0 Å². The summed E-state index contributed by atoms with van der Waals surface area (Å²) in [7, 11) is -3.15. The quantitative estimate of drug-likeness (QED) is 0.257. The van der Waals surface area contributed by atoms with Gasteiger partial charge < -0.3 is 8.85 Å². The Morgan fingerprint density at radius 2 is 1.17 bits per heavy atom.